The number of carbonyl (C=O) groups is 2. The molecule has 0 radical (unpaired) electrons. The Morgan fingerprint density at radius 3 is 2.76 bits per heavy atom. The molecule has 33 heavy (non-hydrogen) atoms. The smallest absolute Gasteiger partial charge is 0.283 e. The van der Waals surface area contributed by atoms with Gasteiger partial charge in [0.1, 0.15) is 11.7 Å². The summed E-state index contributed by atoms with van der Waals surface area (Å²) in [5.74, 6) is -1.15. The number of amides is 2. The van der Waals surface area contributed by atoms with Gasteiger partial charge in [-0.05, 0) is 36.8 Å². The average Bonchev–Trinajstić information content (AvgIpc) is 3.40. The molecule has 4 aromatic rings. The van der Waals surface area contributed by atoms with Gasteiger partial charge in [0.2, 0.25) is 11.8 Å². The molecular weight excluding hydrogens is 444 g/mol. The quantitative estimate of drug-likeness (QED) is 0.502. The van der Waals surface area contributed by atoms with E-state index in [1.165, 1.54) is 17.2 Å². The predicted molar refractivity (Wildman–Crippen MR) is 124 cm³/mol. The molecule has 5 rings (SSSR count). The first kappa shape index (κ1) is 20.9. The van der Waals surface area contributed by atoms with Crippen molar-refractivity contribution in [3.8, 4) is 5.69 Å². The summed E-state index contributed by atoms with van der Waals surface area (Å²) in [7, 11) is 0. The highest BCUT2D eigenvalue weighted by Crippen LogP contribution is 2.28. The van der Waals surface area contributed by atoms with Crippen LogP contribution < -0.4 is 15.9 Å². The number of aryl methyl sites for hydroxylation is 1. The maximum absolute atomic E-state index is 12.9. The summed E-state index contributed by atoms with van der Waals surface area (Å²) in [6.45, 7) is 2.16. The highest BCUT2D eigenvalue weighted by molar-refractivity contribution is 6.30. The number of hydrogen-bond acceptors (Lipinski definition) is 5. The molecule has 2 aromatic carbocycles. The molecule has 0 saturated carbocycles. The maximum atomic E-state index is 12.9. The summed E-state index contributed by atoms with van der Waals surface area (Å²) in [4.78, 5) is 44.3. The van der Waals surface area contributed by atoms with E-state index in [4.69, 9.17) is 11.6 Å². The third kappa shape index (κ3) is 3.76. The summed E-state index contributed by atoms with van der Waals surface area (Å²) < 4.78 is 2.53. The fourth-order valence-electron chi connectivity index (χ4n) is 3.98. The summed E-state index contributed by atoms with van der Waals surface area (Å²) in [5, 5.41) is 5.01. The van der Waals surface area contributed by atoms with Crippen molar-refractivity contribution in [2.24, 2.45) is 5.92 Å². The second-order valence-electron chi connectivity index (χ2n) is 7.86. The number of nitrogens with zero attached hydrogens (tertiary/aromatic N) is 5. The van der Waals surface area contributed by atoms with E-state index in [9.17, 15) is 14.4 Å². The molecule has 1 aliphatic rings. The van der Waals surface area contributed by atoms with E-state index in [0.29, 0.717) is 16.4 Å². The number of fused-ring (bicyclic) bond motifs is 1. The number of anilines is 1. The van der Waals surface area contributed by atoms with E-state index in [1.54, 1.807) is 29.2 Å². The van der Waals surface area contributed by atoms with Gasteiger partial charge in [0.05, 0.1) is 17.8 Å². The minimum absolute atomic E-state index is 0.0668. The van der Waals surface area contributed by atoms with Crippen molar-refractivity contribution in [2.45, 2.75) is 13.3 Å². The second kappa shape index (κ2) is 8.18. The van der Waals surface area contributed by atoms with Gasteiger partial charge in [0, 0.05) is 23.7 Å². The van der Waals surface area contributed by atoms with Gasteiger partial charge in [-0.2, -0.15) is 5.10 Å². The fraction of sp³-hybridized carbons (Fsp3) is 0.174. The first-order valence-corrected chi connectivity index (χ1v) is 10.7. The first-order chi connectivity index (χ1) is 15.9. The summed E-state index contributed by atoms with van der Waals surface area (Å²) in [6, 6.07) is 14.5. The van der Waals surface area contributed by atoms with Crippen molar-refractivity contribution >= 4 is 40.1 Å². The Morgan fingerprint density at radius 1 is 1.15 bits per heavy atom. The van der Waals surface area contributed by atoms with Crippen molar-refractivity contribution in [3.63, 3.8) is 0 Å². The first-order valence-electron chi connectivity index (χ1n) is 10.3. The topological polar surface area (TPSA) is 102 Å². The molecule has 2 aromatic heterocycles. The molecule has 166 valence electrons. The molecule has 1 atom stereocenters. The van der Waals surface area contributed by atoms with Gasteiger partial charge >= 0.3 is 0 Å². The zero-order valence-corrected chi connectivity index (χ0v) is 18.4. The van der Waals surface area contributed by atoms with Crippen molar-refractivity contribution in [1.82, 2.24) is 19.4 Å². The van der Waals surface area contributed by atoms with Crippen LogP contribution in [0.3, 0.4) is 0 Å². The molecule has 2 amide bonds. The van der Waals surface area contributed by atoms with Gasteiger partial charge in [-0.25, -0.2) is 14.3 Å². The van der Waals surface area contributed by atoms with E-state index in [2.05, 4.69) is 15.5 Å². The lowest BCUT2D eigenvalue weighted by molar-refractivity contribution is -0.123. The molecule has 1 aliphatic heterocycles. The van der Waals surface area contributed by atoms with Crippen LogP contribution in [0.1, 0.15) is 12.0 Å². The van der Waals surface area contributed by atoms with Gasteiger partial charge in [-0.15, -0.1) is 0 Å². The number of aromatic nitrogens is 4. The minimum atomic E-state index is -0.589. The lowest BCUT2D eigenvalue weighted by Crippen LogP contribution is -2.37. The van der Waals surface area contributed by atoms with Gasteiger partial charge in [0.15, 0.2) is 5.65 Å². The Labute approximate surface area is 193 Å². The van der Waals surface area contributed by atoms with Crippen molar-refractivity contribution in [3.05, 3.63) is 82.0 Å². The van der Waals surface area contributed by atoms with Crippen LogP contribution in [-0.2, 0) is 9.59 Å². The standard InChI is InChI=1S/C23H19ClN6O3/c1-14-5-2-3-8-19(14)28-12-15(9-20(28)31)22(32)27-29-13-25-21-18(23(29)33)11-26-30(21)17-7-4-6-16(24)10-17/h2-8,10-11,13,15H,9,12H2,1H3,(H,27,32). The van der Waals surface area contributed by atoms with Crippen LogP contribution in [0.25, 0.3) is 16.7 Å². The summed E-state index contributed by atoms with van der Waals surface area (Å²) >= 11 is 6.05. The van der Waals surface area contributed by atoms with Crippen molar-refractivity contribution in [2.75, 3.05) is 16.9 Å². The van der Waals surface area contributed by atoms with Crippen LogP contribution in [0.5, 0.6) is 0 Å². The third-order valence-electron chi connectivity index (χ3n) is 5.67. The highest BCUT2D eigenvalue weighted by Gasteiger charge is 2.36. The predicted octanol–water partition coefficient (Wildman–Crippen LogP) is 2.67. The van der Waals surface area contributed by atoms with Crippen LogP contribution in [0, 0.1) is 12.8 Å². The molecular formula is C23H19ClN6O3. The van der Waals surface area contributed by atoms with Crippen LogP contribution in [0.2, 0.25) is 5.02 Å². The van der Waals surface area contributed by atoms with Crippen molar-refractivity contribution in [1.29, 1.82) is 0 Å². The molecule has 10 heteroatoms. The molecule has 0 spiro atoms. The largest absolute Gasteiger partial charge is 0.311 e. The summed E-state index contributed by atoms with van der Waals surface area (Å²) in [5.41, 5.74) is 4.84. The molecule has 1 fully saturated rings. The third-order valence-corrected chi connectivity index (χ3v) is 5.91. The Morgan fingerprint density at radius 2 is 1.97 bits per heavy atom. The number of para-hydroxylation sites is 1. The highest BCUT2D eigenvalue weighted by atomic mass is 35.5. The number of rotatable bonds is 4. The normalized spacial score (nSPS) is 15.9. The Kier molecular flexibility index (Phi) is 5.18. The molecule has 9 nitrogen and oxygen atoms in total. The maximum Gasteiger partial charge on any atom is 0.283 e. The van der Waals surface area contributed by atoms with Crippen LogP contribution in [-0.4, -0.2) is 37.8 Å². The molecule has 3 heterocycles. The van der Waals surface area contributed by atoms with E-state index in [-0.39, 0.29) is 24.3 Å². The second-order valence-corrected chi connectivity index (χ2v) is 8.30. The molecule has 0 bridgehead atoms. The van der Waals surface area contributed by atoms with Gasteiger partial charge in [0.25, 0.3) is 5.56 Å². The van der Waals surface area contributed by atoms with Gasteiger partial charge in [-0.3, -0.25) is 19.8 Å². The average molecular weight is 463 g/mol. The molecule has 1 N–H and O–H groups in total. The van der Waals surface area contributed by atoms with Gasteiger partial charge in [-0.1, -0.05) is 35.9 Å². The Hall–Kier alpha value is -3.98. The lowest BCUT2D eigenvalue weighted by atomic mass is 10.1. The zero-order valence-electron chi connectivity index (χ0n) is 17.6. The number of nitrogens with one attached hydrogen (secondary N) is 1. The lowest BCUT2D eigenvalue weighted by Gasteiger charge is -2.19. The SMILES string of the molecule is Cc1ccccc1N1CC(C(=O)Nn2cnc3c(cnn3-c3cccc(Cl)c3)c2=O)CC1=O. The molecule has 0 aliphatic carbocycles. The van der Waals surface area contributed by atoms with Crippen LogP contribution in [0.4, 0.5) is 5.69 Å². The van der Waals surface area contributed by atoms with Crippen molar-refractivity contribution < 1.29 is 9.59 Å². The Bertz CT molecular complexity index is 1460. The zero-order chi connectivity index (χ0) is 23.1. The van der Waals surface area contributed by atoms with Crippen LogP contribution in [0.15, 0.2) is 65.8 Å². The minimum Gasteiger partial charge on any atom is -0.311 e. The molecule has 1 saturated heterocycles. The summed E-state index contributed by atoms with van der Waals surface area (Å²) in [6.07, 6.45) is 2.70. The Balaban J connectivity index is 1.38. The van der Waals surface area contributed by atoms with E-state index < -0.39 is 17.4 Å². The van der Waals surface area contributed by atoms with Crippen LogP contribution >= 0.6 is 11.6 Å². The number of halogens is 1. The van der Waals surface area contributed by atoms with E-state index in [1.807, 2.05) is 31.2 Å². The van der Waals surface area contributed by atoms with E-state index in [0.717, 1.165) is 15.9 Å². The number of hydrogen-bond donors (Lipinski definition) is 1. The molecule has 1 unspecified atom stereocenters. The number of benzene rings is 2. The monoisotopic (exact) mass is 462 g/mol. The fourth-order valence-corrected chi connectivity index (χ4v) is 4.17. The van der Waals surface area contributed by atoms with E-state index >= 15 is 0 Å². The van der Waals surface area contributed by atoms with Gasteiger partial charge < -0.3 is 4.90 Å². The number of carbonyl (C=O) groups excluding carboxylic acids is 2.